The van der Waals surface area contributed by atoms with E-state index in [4.69, 9.17) is 18.9 Å². The third-order valence-electron chi connectivity index (χ3n) is 2.70. The van der Waals surface area contributed by atoms with Gasteiger partial charge in [0.05, 0.1) is 43.7 Å². The van der Waals surface area contributed by atoms with E-state index in [1.165, 1.54) is 0 Å². The maximum atomic E-state index is 5.74. The van der Waals surface area contributed by atoms with Crippen molar-refractivity contribution < 1.29 is 18.9 Å². The third-order valence-corrected chi connectivity index (χ3v) is 2.70. The van der Waals surface area contributed by atoms with Gasteiger partial charge in [-0.25, -0.2) is 0 Å². The van der Waals surface area contributed by atoms with E-state index in [0.29, 0.717) is 25.7 Å². The molecule has 0 saturated heterocycles. The molecule has 0 aromatic carbocycles. The fourth-order valence-corrected chi connectivity index (χ4v) is 1.47. The summed E-state index contributed by atoms with van der Waals surface area (Å²) in [6.45, 7) is 19.1. The molecule has 0 rings (SSSR count). The molecular weight excluding hydrogens is 268 g/mol. The standard InChI is InChI=1S/C17H36O4/c1-13(2)9-18-14(3)10-19-15(4)11-20-16(5)12-21-17(6,7)8/h13-16H,9-12H2,1-8H3. The summed E-state index contributed by atoms with van der Waals surface area (Å²) in [7, 11) is 0. The maximum absolute atomic E-state index is 5.74. The van der Waals surface area contributed by atoms with Crippen molar-refractivity contribution in [3.63, 3.8) is 0 Å². The molecule has 0 saturated carbocycles. The predicted octanol–water partition coefficient (Wildman–Crippen LogP) is 3.67. The molecule has 0 aromatic heterocycles. The van der Waals surface area contributed by atoms with Gasteiger partial charge in [-0.1, -0.05) is 13.8 Å². The van der Waals surface area contributed by atoms with Gasteiger partial charge in [0.1, 0.15) is 0 Å². The van der Waals surface area contributed by atoms with Crippen molar-refractivity contribution in [2.24, 2.45) is 5.92 Å². The molecule has 0 radical (unpaired) electrons. The van der Waals surface area contributed by atoms with Crippen LogP contribution in [0.2, 0.25) is 0 Å². The van der Waals surface area contributed by atoms with Gasteiger partial charge in [0.2, 0.25) is 0 Å². The van der Waals surface area contributed by atoms with Gasteiger partial charge in [-0.15, -0.1) is 0 Å². The van der Waals surface area contributed by atoms with Crippen LogP contribution in [-0.2, 0) is 18.9 Å². The van der Waals surface area contributed by atoms with Crippen molar-refractivity contribution in [3.8, 4) is 0 Å². The van der Waals surface area contributed by atoms with Crippen molar-refractivity contribution >= 4 is 0 Å². The highest BCUT2D eigenvalue weighted by molar-refractivity contribution is 4.61. The smallest absolute Gasteiger partial charge is 0.0782 e. The summed E-state index contributed by atoms with van der Waals surface area (Å²) in [4.78, 5) is 0. The zero-order chi connectivity index (χ0) is 16.5. The molecule has 0 aromatic rings. The van der Waals surface area contributed by atoms with E-state index in [-0.39, 0.29) is 23.9 Å². The van der Waals surface area contributed by atoms with Gasteiger partial charge >= 0.3 is 0 Å². The van der Waals surface area contributed by atoms with Crippen LogP contribution in [0.4, 0.5) is 0 Å². The van der Waals surface area contributed by atoms with Crippen molar-refractivity contribution in [2.75, 3.05) is 26.4 Å². The highest BCUT2D eigenvalue weighted by Crippen LogP contribution is 2.08. The number of hydrogen-bond donors (Lipinski definition) is 0. The Labute approximate surface area is 131 Å². The van der Waals surface area contributed by atoms with E-state index in [1.807, 2.05) is 41.5 Å². The lowest BCUT2D eigenvalue weighted by atomic mass is 10.2. The topological polar surface area (TPSA) is 36.9 Å². The summed E-state index contributed by atoms with van der Waals surface area (Å²) < 4.78 is 22.8. The van der Waals surface area contributed by atoms with Crippen LogP contribution in [0.5, 0.6) is 0 Å². The number of ether oxygens (including phenoxy) is 4. The molecule has 0 heterocycles. The lowest BCUT2D eigenvalue weighted by Gasteiger charge is -2.24. The summed E-state index contributed by atoms with van der Waals surface area (Å²) >= 11 is 0. The van der Waals surface area contributed by atoms with Gasteiger partial charge in [0.15, 0.2) is 0 Å². The Bertz CT molecular complexity index is 248. The molecule has 0 N–H and O–H groups in total. The second-order valence-electron chi connectivity index (χ2n) is 7.25. The van der Waals surface area contributed by atoms with Crippen molar-refractivity contribution in [1.82, 2.24) is 0 Å². The molecule has 3 atom stereocenters. The normalized spacial score (nSPS) is 17.0. The third kappa shape index (κ3) is 14.5. The molecule has 21 heavy (non-hydrogen) atoms. The lowest BCUT2D eigenvalue weighted by Crippen LogP contribution is -2.29. The highest BCUT2D eigenvalue weighted by Gasteiger charge is 2.14. The average molecular weight is 304 g/mol. The van der Waals surface area contributed by atoms with Gasteiger partial charge in [0.25, 0.3) is 0 Å². The van der Waals surface area contributed by atoms with Crippen LogP contribution in [0.25, 0.3) is 0 Å². The minimum Gasteiger partial charge on any atom is -0.376 e. The van der Waals surface area contributed by atoms with E-state index in [2.05, 4.69) is 13.8 Å². The zero-order valence-electron chi connectivity index (χ0n) is 15.3. The fourth-order valence-electron chi connectivity index (χ4n) is 1.47. The first-order valence-corrected chi connectivity index (χ1v) is 8.09. The van der Waals surface area contributed by atoms with Crippen LogP contribution >= 0.6 is 0 Å². The monoisotopic (exact) mass is 304 g/mol. The molecule has 128 valence electrons. The van der Waals surface area contributed by atoms with E-state index < -0.39 is 0 Å². The molecule has 0 bridgehead atoms. The molecule has 4 nitrogen and oxygen atoms in total. The maximum Gasteiger partial charge on any atom is 0.0782 e. The van der Waals surface area contributed by atoms with Crippen LogP contribution in [0.3, 0.4) is 0 Å². The molecular formula is C17H36O4. The lowest BCUT2D eigenvalue weighted by molar-refractivity contribution is -0.0989. The van der Waals surface area contributed by atoms with Gasteiger partial charge in [-0.2, -0.15) is 0 Å². The van der Waals surface area contributed by atoms with Gasteiger partial charge < -0.3 is 18.9 Å². The van der Waals surface area contributed by atoms with Crippen LogP contribution < -0.4 is 0 Å². The first-order chi connectivity index (χ1) is 9.60. The van der Waals surface area contributed by atoms with Crippen molar-refractivity contribution in [1.29, 1.82) is 0 Å². The van der Waals surface area contributed by atoms with E-state index in [0.717, 1.165) is 6.61 Å². The largest absolute Gasteiger partial charge is 0.376 e. The Kier molecular flexibility index (Phi) is 10.5. The van der Waals surface area contributed by atoms with Crippen LogP contribution in [0, 0.1) is 5.92 Å². The molecule has 0 aliphatic heterocycles. The summed E-state index contributed by atoms with van der Waals surface area (Å²) in [5, 5.41) is 0. The van der Waals surface area contributed by atoms with Gasteiger partial charge in [-0.3, -0.25) is 0 Å². The molecule has 4 heteroatoms. The van der Waals surface area contributed by atoms with Crippen molar-refractivity contribution in [2.45, 2.75) is 79.3 Å². The number of rotatable bonds is 11. The Balaban J connectivity index is 3.67. The Morgan fingerprint density at radius 1 is 0.619 bits per heavy atom. The molecule has 0 spiro atoms. The van der Waals surface area contributed by atoms with E-state index >= 15 is 0 Å². The fraction of sp³-hybridized carbons (Fsp3) is 1.00. The predicted molar refractivity (Wildman–Crippen MR) is 86.8 cm³/mol. The highest BCUT2D eigenvalue weighted by atomic mass is 16.6. The van der Waals surface area contributed by atoms with Crippen LogP contribution in [0.1, 0.15) is 55.4 Å². The molecule has 0 aliphatic carbocycles. The Hall–Kier alpha value is -0.160. The van der Waals surface area contributed by atoms with Gasteiger partial charge in [-0.05, 0) is 47.5 Å². The molecule has 0 aliphatic rings. The number of hydrogen-bond acceptors (Lipinski definition) is 4. The first kappa shape index (κ1) is 20.8. The average Bonchev–Trinajstić information content (AvgIpc) is 2.37. The minimum atomic E-state index is -0.122. The van der Waals surface area contributed by atoms with Crippen LogP contribution in [-0.4, -0.2) is 50.3 Å². The van der Waals surface area contributed by atoms with E-state index in [1.54, 1.807) is 0 Å². The van der Waals surface area contributed by atoms with Crippen LogP contribution in [0.15, 0.2) is 0 Å². The Morgan fingerprint density at radius 2 is 1.00 bits per heavy atom. The molecule has 0 fully saturated rings. The second kappa shape index (κ2) is 10.5. The Morgan fingerprint density at radius 3 is 1.38 bits per heavy atom. The summed E-state index contributed by atoms with van der Waals surface area (Å²) in [6.07, 6.45) is 0.258. The van der Waals surface area contributed by atoms with Gasteiger partial charge in [0, 0.05) is 6.61 Å². The summed E-state index contributed by atoms with van der Waals surface area (Å²) in [5.41, 5.74) is -0.122. The summed E-state index contributed by atoms with van der Waals surface area (Å²) in [5.74, 6) is 0.553. The van der Waals surface area contributed by atoms with E-state index in [9.17, 15) is 0 Å². The second-order valence-corrected chi connectivity index (χ2v) is 7.25. The minimum absolute atomic E-state index is 0.0622. The van der Waals surface area contributed by atoms with Crippen molar-refractivity contribution in [3.05, 3.63) is 0 Å². The quantitative estimate of drug-likeness (QED) is 0.583. The molecule has 0 amide bonds. The SMILES string of the molecule is CC(C)COC(C)COC(C)COC(C)COC(C)(C)C. The first-order valence-electron chi connectivity index (χ1n) is 8.09. The summed E-state index contributed by atoms with van der Waals surface area (Å²) in [6, 6.07) is 0. The molecule has 3 unspecified atom stereocenters. The zero-order valence-corrected chi connectivity index (χ0v) is 15.3.